The number of carbonyl (C=O) groups excluding carboxylic acids is 1. The highest BCUT2D eigenvalue weighted by atomic mass is 32.2. The van der Waals surface area contributed by atoms with Gasteiger partial charge in [0.05, 0.1) is 15.6 Å². The molecule has 0 bridgehead atoms. The number of benzene rings is 1. The Labute approximate surface area is 195 Å². The van der Waals surface area contributed by atoms with Gasteiger partial charge in [0, 0.05) is 44.0 Å². The monoisotopic (exact) mass is 476 g/mol. The number of likely N-dealkylation sites (tertiary alicyclic amines) is 1. The van der Waals surface area contributed by atoms with Crippen molar-refractivity contribution in [2.24, 2.45) is 5.92 Å². The molecule has 32 heavy (non-hydrogen) atoms. The first kappa shape index (κ1) is 23.4. The molecule has 2 fully saturated rings. The van der Waals surface area contributed by atoms with E-state index in [9.17, 15) is 13.2 Å². The van der Waals surface area contributed by atoms with E-state index in [0.717, 1.165) is 54.3 Å². The fraction of sp³-hybridized carbons (Fsp3) is 0.565. The largest absolute Gasteiger partial charge is 0.340 e. The van der Waals surface area contributed by atoms with E-state index in [1.165, 1.54) is 4.31 Å². The molecule has 9 heteroatoms. The molecular formula is C23H32N4O3S2. The number of aryl methyl sites for hydroxylation is 3. The van der Waals surface area contributed by atoms with Crippen molar-refractivity contribution in [3.8, 4) is 0 Å². The molecule has 0 unspecified atom stereocenters. The summed E-state index contributed by atoms with van der Waals surface area (Å²) in [6.07, 6.45) is 1.70. The summed E-state index contributed by atoms with van der Waals surface area (Å²) in [5.74, 6) is 0.212. The van der Waals surface area contributed by atoms with Crippen LogP contribution in [0.25, 0.3) is 0 Å². The van der Waals surface area contributed by atoms with Gasteiger partial charge in [-0.05, 0) is 63.9 Å². The van der Waals surface area contributed by atoms with Crippen molar-refractivity contribution in [2.45, 2.75) is 45.1 Å². The van der Waals surface area contributed by atoms with Gasteiger partial charge in [0.2, 0.25) is 15.9 Å². The van der Waals surface area contributed by atoms with Crippen LogP contribution in [0.2, 0.25) is 0 Å². The summed E-state index contributed by atoms with van der Waals surface area (Å²) >= 11 is 1.67. The maximum atomic E-state index is 13.1. The molecule has 0 radical (unpaired) electrons. The van der Waals surface area contributed by atoms with Crippen molar-refractivity contribution in [3.05, 3.63) is 45.4 Å². The molecule has 4 rings (SSSR count). The third-order valence-corrected chi connectivity index (χ3v) is 9.36. The quantitative estimate of drug-likeness (QED) is 0.664. The molecule has 0 N–H and O–H groups in total. The molecule has 1 aromatic heterocycles. The van der Waals surface area contributed by atoms with E-state index in [4.69, 9.17) is 0 Å². The minimum Gasteiger partial charge on any atom is -0.340 e. The van der Waals surface area contributed by atoms with E-state index in [2.05, 4.69) is 15.3 Å². The molecule has 7 nitrogen and oxygen atoms in total. The van der Waals surface area contributed by atoms with Crippen LogP contribution in [0.1, 0.15) is 34.7 Å². The van der Waals surface area contributed by atoms with Gasteiger partial charge in [0.25, 0.3) is 0 Å². The van der Waals surface area contributed by atoms with E-state index in [-0.39, 0.29) is 11.8 Å². The summed E-state index contributed by atoms with van der Waals surface area (Å²) in [5.41, 5.74) is 2.80. The standard InChI is InChI=1S/C23H32N4O3S2/c1-17-4-5-18(2)22(14-17)32(29,30)27-12-10-26(11-13-27)23(28)20-6-8-25(9-7-20)15-21-16-31-19(3)24-21/h4-5,14,16,20H,6-13,15H2,1-3H3. The van der Waals surface area contributed by atoms with E-state index in [1.54, 1.807) is 17.4 Å². The number of amides is 1. The second kappa shape index (κ2) is 9.59. The molecule has 0 atom stereocenters. The Hall–Kier alpha value is -1.81. The zero-order chi connectivity index (χ0) is 22.9. The van der Waals surface area contributed by atoms with Crippen molar-refractivity contribution < 1.29 is 13.2 Å². The van der Waals surface area contributed by atoms with Crippen molar-refractivity contribution >= 4 is 27.3 Å². The van der Waals surface area contributed by atoms with Gasteiger partial charge in [-0.15, -0.1) is 11.3 Å². The Kier molecular flexibility index (Phi) is 7.00. The van der Waals surface area contributed by atoms with Crippen molar-refractivity contribution in [2.75, 3.05) is 39.3 Å². The van der Waals surface area contributed by atoms with Gasteiger partial charge in [-0.3, -0.25) is 9.69 Å². The van der Waals surface area contributed by atoms with Crippen molar-refractivity contribution in [3.63, 3.8) is 0 Å². The van der Waals surface area contributed by atoms with Gasteiger partial charge in [0.15, 0.2) is 0 Å². The molecule has 1 amide bonds. The number of hydrogen-bond acceptors (Lipinski definition) is 6. The average molecular weight is 477 g/mol. The van der Waals surface area contributed by atoms with E-state index in [0.29, 0.717) is 31.1 Å². The number of hydrogen-bond donors (Lipinski definition) is 0. The summed E-state index contributed by atoms with van der Waals surface area (Å²) in [6.45, 7) is 10.0. The van der Waals surface area contributed by atoms with Crippen LogP contribution in [0.3, 0.4) is 0 Å². The van der Waals surface area contributed by atoms with Crippen LogP contribution in [0.4, 0.5) is 0 Å². The molecule has 1 aromatic carbocycles. The molecule has 2 aromatic rings. The molecular weight excluding hydrogens is 444 g/mol. The minimum atomic E-state index is -3.54. The molecule has 0 aliphatic carbocycles. The van der Waals surface area contributed by atoms with E-state index in [1.807, 2.05) is 37.8 Å². The lowest BCUT2D eigenvalue weighted by atomic mass is 9.95. The predicted molar refractivity (Wildman–Crippen MR) is 126 cm³/mol. The van der Waals surface area contributed by atoms with Gasteiger partial charge in [-0.25, -0.2) is 13.4 Å². The van der Waals surface area contributed by atoms with Crippen molar-refractivity contribution in [1.29, 1.82) is 0 Å². The number of piperazine rings is 1. The zero-order valence-electron chi connectivity index (χ0n) is 19.1. The average Bonchev–Trinajstić information content (AvgIpc) is 3.20. The summed E-state index contributed by atoms with van der Waals surface area (Å²) in [5, 5.41) is 3.20. The Bertz CT molecular complexity index is 1070. The predicted octanol–water partition coefficient (Wildman–Crippen LogP) is 2.81. The van der Waals surface area contributed by atoms with Gasteiger partial charge in [-0.2, -0.15) is 4.31 Å². The molecule has 0 spiro atoms. The van der Waals surface area contributed by atoms with E-state index < -0.39 is 10.0 Å². The lowest BCUT2D eigenvalue weighted by molar-refractivity contribution is -0.138. The van der Waals surface area contributed by atoms with Gasteiger partial charge in [0.1, 0.15) is 0 Å². The fourth-order valence-electron chi connectivity index (χ4n) is 4.58. The molecule has 174 valence electrons. The van der Waals surface area contributed by atoms with E-state index >= 15 is 0 Å². The number of thiazole rings is 1. The number of piperidine rings is 1. The lowest BCUT2D eigenvalue weighted by Crippen LogP contribution is -2.52. The van der Waals surface area contributed by atoms with Crippen molar-refractivity contribution in [1.82, 2.24) is 19.1 Å². The summed E-state index contributed by atoms with van der Waals surface area (Å²) in [7, 11) is -3.54. The topological polar surface area (TPSA) is 73.8 Å². The van der Waals surface area contributed by atoms with Crippen LogP contribution in [-0.4, -0.2) is 72.7 Å². The Morgan fingerprint density at radius 3 is 2.38 bits per heavy atom. The molecule has 2 saturated heterocycles. The fourth-order valence-corrected chi connectivity index (χ4v) is 6.92. The summed E-state index contributed by atoms with van der Waals surface area (Å²) in [4.78, 5) is 22.2. The van der Waals surface area contributed by atoms with Gasteiger partial charge < -0.3 is 4.90 Å². The minimum absolute atomic E-state index is 0.0330. The number of carbonyl (C=O) groups is 1. The number of aromatic nitrogens is 1. The first-order valence-electron chi connectivity index (χ1n) is 11.2. The number of sulfonamides is 1. The van der Waals surface area contributed by atoms with Crippen LogP contribution >= 0.6 is 11.3 Å². The Morgan fingerprint density at radius 2 is 1.75 bits per heavy atom. The lowest BCUT2D eigenvalue weighted by Gasteiger charge is -2.38. The highest BCUT2D eigenvalue weighted by molar-refractivity contribution is 7.89. The summed E-state index contributed by atoms with van der Waals surface area (Å²) < 4.78 is 27.8. The normalized spacial score (nSPS) is 19.4. The van der Waals surface area contributed by atoms with Crippen LogP contribution in [0, 0.1) is 26.7 Å². The molecule has 2 aliphatic heterocycles. The van der Waals surface area contributed by atoms with Gasteiger partial charge in [-0.1, -0.05) is 12.1 Å². The summed E-state index contributed by atoms with van der Waals surface area (Å²) in [6, 6.07) is 5.51. The number of nitrogens with zero attached hydrogens (tertiary/aromatic N) is 4. The zero-order valence-corrected chi connectivity index (χ0v) is 20.7. The first-order chi connectivity index (χ1) is 15.2. The SMILES string of the molecule is Cc1ccc(C)c(S(=O)(=O)N2CCN(C(=O)C3CCN(Cc4csc(C)n4)CC3)CC2)c1. The third kappa shape index (κ3) is 5.06. The molecule has 3 heterocycles. The maximum absolute atomic E-state index is 13.1. The third-order valence-electron chi connectivity index (χ3n) is 6.50. The van der Waals surface area contributed by atoms with Crippen LogP contribution in [0.15, 0.2) is 28.5 Å². The smallest absolute Gasteiger partial charge is 0.243 e. The Balaban J connectivity index is 1.30. The highest BCUT2D eigenvalue weighted by Gasteiger charge is 2.34. The second-order valence-electron chi connectivity index (χ2n) is 8.91. The van der Waals surface area contributed by atoms with Gasteiger partial charge >= 0.3 is 0 Å². The van der Waals surface area contributed by atoms with Crippen LogP contribution in [-0.2, 0) is 21.4 Å². The van der Waals surface area contributed by atoms with Crippen LogP contribution in [0.5, 0.6) is 0 Å². The maximum Gasteiger partial charge on any atom is 0.243 e. The Morgan fingerprint density at radius 1 is 1.06 bits per heavy atom. The molecule has 0 saturated carbocycles. The second-order valence-corrected chi connectivity index (χ2v) is 11.9. The highest BCUT2D eigenvalue weighted by Crippen LogP contribution is 2.25. The van der Waals surface area contributed by atoms with Crippen LogP contribution < -0.4 is 0 Å². The molecule has 2 aliphatic rings. The first-order valence-corrected chi connectivity index (χ1v) is 13.6. The number of rotatable bonds is 5.